The Morgan fingerprint density at radius 1 is 1.08 bits per heavy atom. The van der Waals surface area contributed by atoms with Gasteiger partial charge in [0.15, 0.2) is 12.4 Å². The summed E-state index contributed by atoms with van der Waals surface area (Å²) in [7, 11) is 0. The fourth-order valence-electron chi connectivity index (χ4n) is 2.14. The highest BCUT2D eigenvalue weighted by Crippen LogP contribution is 2.29. The minimum Gasteiger partial charge on any atom is -0.453 e. The smallest absolute Gasteiger partial charge is 0.349 e. The molecule has 0 radical (unpaired) electrons. The lowest BCUT2D eigenvalue weighted by Gasteiger charge is -2.06. The average molecular weight is 341 g/mol. The topological polar surface area (TPSA) is 117 Å². The summed E-state index contributed by atoms with van der Waals surface area (Å²) in [6, 6.07) is 9.84. The van der Waals surface area contributed by atoms with Gasteiger partial charge in [-0.1, -0.05) is 29.8 Å². The van der Waals surface area contributed by atoms with E-state index in [1.54, 1.807) is 0 Å². The number of nitrogen functional groups attached to an aromatic ring is 2. The summed E-state index contributed by atoms with van der Waals surface area (Å²) in [4.78, 5) is 24.3. The molecule has 0 bridgehead atoms. The molecule has 0 saturated heterocycles. The molecule has 0 atom stereocenters. The van der Waals surface area contributed by atoms with Crippen molar-refractivity contribution in [2.75, 3.05) is 11.5 Å². The van der Waals surface area contributed by atoms with E-state index in [1.165, 1.54) is 11.3 Å². The van der Waals surface area contributed by atoms with Crippen molar-refractivity contribution in [1.29, 1.82) is 0 Å². The van der Waals surface area contributed by atoms with Crippen LogP contribution >= 0.6 is 11.3 Å². The van der Waals surface area contributed by atoms with E-state index in [0.29, 0.717) is 4.88 Å². The number of rotatable bonds is 4. The van der Waals surface area contributed by atoms with E-state index >= 15 is 0 Å². The molecule has 1 aromatic carbocycles. The molecule has 0 amide bonds. The lowest BCUT2D eigenvalue weighted by atomic mass is 10.1. The van der Waals surface area contributed by atoms with E-state index in [-0.39, 0.29) is 24.3 Å². The number of benzene rings is 1. The van der Waals surface area contributed by atoms with E-state index in [4.69, 9.17) is 16.2 Å². The van der Waals surface area contributed by atoms with Gasteiger partial charge in [0.25, 0.3) is 0 Å². The van der Waals surface area contributed by atoms with Gasteiger partial charge in [-0.05, 0) is 23.9 Å². The molecular formula is C16H15N5O2S. The zero-order chi connectivity index (χ0) is 17.1. The van der Waals surface area contributed by atoms with Crippen LogP contribution in [0.1, 0.15) is 21.1 Å². The number of ether oxygens (including phenoxy) is 1. The van der Waals surface area contributed by atoms with E-state index < -0.39 is 5.97 Å². The van der Waals surface area contributed by atoms with Crippen LogP contribution in [0.5, 0.6) is 0 Å². The molecule has 0 saturated carbocycles. The molecule has 2 heterocycles. The molecule has 0 aliphatic rings. The Balaban J connectivity index is 1.76. The molecule has 2 aromatic heterocycles. The first kappa shape index (κ1) is 15.9. The first-order valence-electron chi connectivity index (χ1n) is 7.10. The number of hydrogen-bond acceptors (Lipinski definition) is 8. The molecular weight excluding hydrogens is 326 g/mol. The zero-order valence-electron chi connectivity index (χ0n) is 12.9. The summed E-state index contributed by atoms with van der Waals surface area (Å²) in [5.41, 5.74) is 13.9. The van der Waals surface area contributed by atoms with Crippen molar-refractivity contribution < 1.29 is 9.53 Å². The summed E-state index contributed by atoms with van der Waals surface area (Å²) in [5.74, 6) is -0.255. The van der Waals surface area contributed by atoms with E-state index in [9.17, 15) is 4.79 Å². The van der Waals surface area contributed by atoms with Crippen molar-refractivity contribution in [2.24, 2.45) is 0 Å². The number of carbonyl (C=O) groups is 1. The average Bonchev–Trinajstić information content (AvgIpc) is 3.02. The summed E-state index contributed by atoms with van der Waals surface area (Å²) in [6.45, 7) is 1.89. The van der Waals surface area contributed by atoms with Crippen molar-refractivity contribution in [3.63, 3.8) is 0 Å². The van der Waals surface area contributed by atoms with Gasteiger partial charge in [-0.2, -0.15) is 15.0 Å². The van der Waals surface area contributed by atoms with Gasteiger partial charge >= 0.3 is 5.97 Å². The lowest BCUT2D eigenvalue weighted by molar-refractivity contribution is 0.0469. The fourth-order valence-corrected chi connectivity index (χ4v) is 2.95. The van der Waals surface area contributed by atoms with Crippen LogP contribution in [-0.4, -0.2) is 20.9 Å². The SMILES string of the molecule is Cc1ccc(-c2ccsc2C(=O)OCc2nc(N)nc(N)n2)cc1. The van der Waals surface area contributed by atoms with Crippen molar-refractivity contribution in [1.82, 2.24) is 15.0 Å². The Morgan fingerprint density at radius 3 is 2.42 bits per heavy atom. The molecule has 24 heavy (non-hydrogen) atoms. The predicted molar refractivity (Wildman–Crippen MR) is 92.3 cm³/mol. The third-order valence-electron chi connectivity index (χ3n) is 3.26. The van der Waals surface area contributed by atoms with Crippen LogP contribution < -0.4 is 11.5 Å². The van der Waals surface area contributed by atoms with Gasteiger partial charge in [0.2, 0.25) is 11.9 Å². The molecule has 0 spiro atoms. The van der Waals surface area contributed by atoms with Crippen molar-refractivity contribution in [3.05, 3.63) is 52.0 Å². The second-order valence-electron chi connectivity index (χ2n) is 5.07. The number of thiophene rings is 1. The van der Waals surface area contributed by atoms with Crippen LogP contribution in [0.4, 0.5) is 11.9 Å². The van der Waals surface area contributed by atoms with Crippen molar-refractivity contribution in [2.45, 2.75) is 13.5 Å². The molecule has 0 fully saturated rings. The predicted octanol–water partition coefficient (Wildman–Crippen LogP) is 2.43. The van der Waals surface area contributed by atoms with Crippen LogP contribution in [0.25, 0.3) is 11.1 Å². The Bertz CT molecular complexity index is 856. The molecule has 0 aliphatic heterocycles. The van der Waals surface area contributed by atoms with Gasteiger partial charge in [-0.25, -0.2) is 4.79 Å². The number of aromatic nitrogens is 3. The van der Waals surface area contributed by atoms with Gasteiger partial charge < -0.3 is 16.2 Å². The second-order valence-corrected chi connectivity index (χ2v) is 5.99. The Kier molecular flexibility index (Phi) is 4.39. The molecule has 122 valence electrons. The quantitative estimate of drug-likeness (QED) is 0.700. The third kappa shape index (κ3) is 3.49. The number of nitrogens with two attached hydrogens (primary N) is 2. The highest BCUT2D eigenvalue weighted by atomic mass is 32.1. The highest BCUT2D eigenvalue weighted by molar-refractivity contribution is 7.12. The van der Waals surface area contributed by atoms with E-state index in [0.717, 1.165) is 16.7 Å². The first-order valence-corrected chi connectivity index (χ1v) is 7.98. The first-order chi connectivity index (χ1) is 11.5. The summed E-state index contributed by atoms with van der Waals surface area (Å²) in [5, 5.41) is 1.85. The minimum atomic E-state index is -0.446. The molecule has 7 nitrogen and oxygen atoms in total. The lowest BCUT2D eigenvalue weighted by Crippen LogP contribution is -2.11. The van der Waals surface area contributed by atoms with Crippen LogP contribution in [-0.2, 0) is 11.3 Å². The van der Waals surface area contributed by atoms with Crippen molar-refractivity contribution in [3.8, 4) is 11.1 Å². The van der Waals surface area contributed by atoms with Crippen LogP contribution in [0.15, 0.2) is 35.7 Å². The number of carbonyl (C=O) groups excluding carboxylic acids is 1. The van der Waals surface area contributed by atoms with E-state index in [1.807, 2.05) is 42.6 Å². The Hall–Kier alpha value is -3.00. The molecule has 8 heteroatoms. The fraction of sp³-hybridized carbons (Fsp3) is 0.125. The van der Waals surface area contributed by atoms with Gasteiger partial charge in [0, 0.05) is 5.56 Å². The number of nitrogens with zero attached hydrogens (tertiary/aromatic N) is 3. The van der Waals surface area contributed by atoms with E-state index in [2.05, 4.69) is 15.0 Å². The van der Waals surface area contributed by atoms with Crippen LogP contribution in [0.2, 0.25) is 0 Å². The zero-order valence-corrected chi connectivity index (χ0v) is 13.7. The summed E-state index contributed by atoms with van der Waals surface area (Å²) >= 11 is 1.32. The van der Waals surface area contributed by atoms with Crippen molar-refractivity contribution >= 4 is 29.2 Å². The Labute approximate surface area is 142 Å². The minimum absolute atomic E-state index is 0.00924. The van der Waals surface area contributed by atoms with Crippen LogP contribution in [0, 0.1) is 6.92 Å². The number of esters is 1. The van der Waals surface area contributed by atoms with Gasteiger partial charge in [0.05, 0.1) is 0 Å². The Morgan fingerprint density at radius 2 is 1.75 bits per heavy atom. The molecule has 3 rings (SSSR count). The molecule has 3 aromatic rings. The maximum Gasteiger partial charge on any atom is 0.349 e. The maximum absolute atomic E-state index is 12.4. The summed E-state index contributed by atoms with van der Waals surface area (Å²) in [6.07, 6.45) is 0. The third-order valence-corrected chi connectivity index (χ3v) is 4.16. The number of aryl methyl sites for hydroxylation is 1. The monoisotopic (exact) mass is 341 g/mol. The molecule has 4 N–H and O–H groups in total. The highest BCUT2D eigenvalue weighted by Gasteiger charge is 2.17. The molecule has 0 unspecified atom stereocenters. The summed E-state index contributed by atoms with van der Waals surface area (Å²) < 4.78 is 5.28. The second kappa shape index (κ2) is 6.63. The van der Waals surface area contributed by atoms with Gasteiger partial charge in [-0.3, -0.25) is 0 Å². The molecule has 0 aliphatic carbocycles. The van der Waals surface area contributed by atoms with Gasteiger partial charge in [-0.15, -0.1) is 11.3 Å². The normalized spacial score (nSPS) is 10.5. The standard InChI is InChI=1S/C16H15N5O2S/c1-9-2-4-10(5-3-9)11-6-7-24-13(11)14(22)23-8-12-19-15(17)21-16(18)20-12/h2-7H,8H2,1H3,(H4,17,18,19,20,21). The van der Waals surface area contributed by atoms with Crippen LogP contribution in [0.3, 0.4) is 0 Å². The maximum atomic E-state index is 12.4. The number of hydrogen-bond donors (Lipinski definition) is 2. The van der Waals surface area contributed by atoms with Gasteiger partial charge in [0.1, 0.15) is 4.88 Å². The largest absolute Gasteiger partial charge is 0.453 e. The number of anilines is 2.